The van der Waals surface area contributed by atoms with Crippen LogP contribution in [0, 0.1) is 6.92 Å². The number of benzene rings is 1. The summed E-state index contributed by atoms with van der Waals surface area (Å²) in [5, 5.41) is 17.2. The first-order chi connectivity index (χ1) is 9.56. The molecule has 2 aromatic rings. The van der Waals surface area contributed by atoms with Crippen LogP contribution in [0.2, 0.25) is 0 Å². The number of hydrogen-bond acceptors (Lipinski definition) is 3. The molecule has 0 spiro atoms. The molecule has 104 valence electrons. The SMILES string of the molecule is Cc1cc(C(=O)NC2c3ccccc3CC2O)n(C)n1. The van der Waals surface area contributed by atoms with Crippen LogP contribution < -0.4 is 5.32 Å². The summed E-state index contributed by atoms with van der Waals surface area (Å²) in [7, 11) is 1.74. The molecule has 5 nitrogen and oxygen atoms in total. The van der Waals surface area contributed by atoms with Crippen LogP contribution in [0.3, 0.4) is 0 Å². The van der Waals surface area contributed by atoms with Gasteiger partial charge >= 0.3 is 0 Å². The van der Waals surface area contributed by atoms with E-state index < -0.39 is 6.10 Å². The first-order valence-electron chi connectivity index (χ1n) is 6.63. The number of nitrogens with zero attached hydrogens (tertiary/aromatic N) is 2. The molecule has 1 aliphatic rings. The fourth-order valence-corrected chi connectivity index (χ4v) is 2.79. The molecule has 20 heavy (non-hydrogen) atoms. The zero-order valence-corrected chi connectivity index (χ0v) is 11.5. The number of carbonyl (C=O) groups is 1. The highest BCUT2D eigenvalue weighted by atomic mass is 16.3. The molecular formula is C15H17N3O2. The largest absolute Gasteiger partial charge is 0.390 e. The van der Waals surface area contributed by atoms with Crippen molar-refractivity contribution in [3.63, 3.8) is 0 Å². The van der Waals surface area contributed by atoms with Gasteiger partial charge in [0, 0.05) is 13.5 Å². The molecule has 2 unspecified atom stereocenters. The zero-order chi connectivity index (χ0) is 14.3. The van der Waals surface area contributed by atoms with Gasteiger partial charge in [-0.1, -0.05) is 24.3 Å². The molecule has 2 N–H and O–H groups in total. The van der Waals surface area contributed by atoms with Gasteiger partial charge in [-0.3, -0.25) is 9.48 Å². The van der Waals surface area contributed by atoms with Crippen molar-refractivity contribution in [1.82, 2.24) is 15.1 Å². The van der Waals surface area contributed by atoms with Gasteiger partial charge < -0.3 is 10.4 Å². The van der Waals surface area contributed by atoms with Crippen molar-refractivity contribution in [2.45, 2.75) is 25.5 Å². The predicted molar refractivity (Wildman–Crippen MR) is 74.3 cm³/mol. The van der Waals surface area contributed by atoms with Crippen LogP contribution in [0.4, 0.5) is 0 Å². The van der Waals surface area contributed by atoms with Gasteiger partial charge in [-0.05, 0) is 24.1 Å². The molecule has 0 aliphatic heterocycles. The van der Waals surface area contributed by atoms with Crippen molar-refractivity contribution in [3.8, 4) is 0 Å². The van der Waals surface area contributed by atoms with E-state index in [0.717, 1.165) is 16.8 Å². The van der Waals surface area contributed by atoms with E-state index in [1.54, 1.807) is 17.8 Å². The van der Waals surface area contributed by atoms with Crippen molar-refractivity contribution in [1.29, 1.82) is 0 Å². The summed E-state index contributed by atoms with van der Waals surface area (Å²) in [5.74, 6) is -0.214. The minimum absolute atomic E-state index is 0.214. The number of aryl methyl sites for hydroxylation is 2. The molecule has 0 saturated heterocycles. The average molecular weight is 271 g/mol. The summed E-state index contributed by atoms with van der Waals surface area (Å²) in [6.45, 7) is 1.84. The monoisotopic (exact) mass is 271 g/mol. The van der Waals surface area contributed by atoms with Crippen LogP contribution in [-0.2, 0) is 13.5 Å². The van der Waals surface area contributed by atoms with Gasteiger partial charge in [0.2, 0.25) is 0 Å². The minimum atomic E-state index is -0.578. The summed E-state index contributed by atoms with van der Waals surface area (Å²) < 4.78 is 1.55. The van der Waals surface area contributed by atoms with Crippen LogP contribution in [0.15, 0.2) is 30.3 Å². The van der Waals surface area contributed by atoms with Gasteiger partial charge in [0.25, 0.3) is 5.91 Å². The number of amides is 1. The maximum atomic E-state index is 12.3. The first-order valence-corrected chi connectivity index (χ1v) is 6.63. The van der Waals surface area contributed by atoms with Gasteiger partial charge in [-0.2, -0.15) is 5.10 Å². The number of aliphatic hydroxyl groups is 1. The summed E-state index contributed by atoms with van der Waals surface area (Å²) in [4.78, 5) is 12.3. The lowest BCUT2D eigenvalue weighted by atomic mass is 10.1. The lowest BCUT2D eigenvalue weighted by molar-refractivity contribution is 0.0849. The van der Waals surface area contributed by atoms with E-state index >= 15 is 0 Å². The van der Waals surface area contributed by atoms with E-state index in [4.69, 9.17) is 0 Å². The molecule has 1 aromatic heterocycles. The third kappa shape index (κ3) is 2.10. The Morgan fingerprint density at radius 1 is 1.45 bits per heavy atom. The van der Waals surface area contributed by atoms with E-state index in [1.165, 1.54) is 0 Å². The Kier molecular flexibility index (Phi) is 3.06. The maximum Gasteiger partial charge on any atom is 0.270 e. The second-order valence-corrected chi connectivity index (χ2v) is 5.22. The minimum Gasteiger partial charge on any atom is -0.390 e. The standard InChI is InChI=1S/C15H17N3O2/c1-9-7-12(18(2)17-9)15(20)16-14-11-6-4-3-5-10(11)8-13(14)19/h3-7,13-14,19H,8H2,1-2H3,(H,16,20). The van der Waals surface area contributed by atoms with E-state index in [0.29, 0.717) is 12.1 Å². The molecule has 2 atom stereocenters. The lowest BCUT2D eigenvalue weighted by Crippen LogP contribution is -2.34. The van der Waals surface area contributed by atoms with Crippen LogP contribution in [0.25, 0.3) is 0 Å². The second-order valence-electron chi connectivity index (χ2n) is 5.22. The van der Waals surface area contributed by atoms with E-state index in [-0.39, 0.29) is 11.9 Å². The number of rotatable bonds is 2. The number of hydrogen-bond donors (Lipinski definition) is 2. The summed E-state index contributed by atoms with van der Waals surface area (Å²) in [5.41, 5.74) is 3.38. The Bertz CT molecular complexity index is 663. The molecule has 1 aromatic carbocycles. The van der Waals surface area contributed by atoms with Crippen molar-refractivity contribution in [3.05, 3.63) is 52.8 Å². The number of nitrogens with one attached hydrogen (secondary N) is 1. The molecule has 0 radical (unpaired) electrons. The lowest BCUT2D eigenvalue weighted by Gasteiger charge is -2.17. The number of fused-ring (bicyclic) bond motifs is 1. The number of aromatic nitrogens is 2. The second kappa shape index (κ2) is 4.76. The average Bonchev–Trinajstić information content (AvgIpc) is 2.90. The third-order valence-electron chi connectivity index (χ3n) is 3.73. The Hall–Kier alpha value is -2.14. The molecule has 1 amide bonds. The van der Waals surface area contributed by atoms with Gasteiger partial charge in [0.15, 0.2) is 0 Å². The Morgan fingerprint density at radius 2 is 2.20 bits per heavy atom. The highest BCUT2D eigenvalue weighted by Gasteiger charge is 2.32. The smallest absolute Gasteiger partial charge is 0.270 e. The quantitative estimate of drug-likeness (QED) is 0.860. The Balaban J connectivity index is 1.85. The normalized spacial score (nSPS) is 20.8. The predicted octanol–water partition coefficient (Wildman–Crippen LogP) is 1.12. The molecule has 0 saturated carbocycles. The molecule has 1 aliphatic carbocycles. The van der Waals surface area contributed by atoms with E-state index in [9.17, 15) is 9.90 Å². The van der Waals surface area contributed by atoms with Gasteiger partial charge in [-0.15, -0.1) is 0 Å². The molecule has 0 bridgehead atoms. The summed E-state index contributed by atoms with van der Waals surface area (Å²) >= 11 is 0. The zero-order valence-electron chi connectivity index (χ0n) is 11.5. The highest BCUT2D eigenvalue weighted by Crippen LogP contribution is 2.31. The van der Waals surface area contributed by atoms with Crippen LogP contribution in [-0.4, -0.2) is 26.9 Å². The third-order valence-corrected chi connectivity index (χ3v) is 3.73. The fourth-order valence-electron chi connectivity index (χ4n) is 2.79. The number of carbonyl (C=O) groups excluding carboxylic acids is 1. The molecule has 5 heteroatoms. The van der Waals surface area contributed by atoms with Gasteiger partial charge in [0.05, 0.1) is 17.8 Å². The van der Waals surface area contributed by atoms with Gasteiger partial charge in [0.1, 0.15) is 5.69 Å². The Morgan fingerprint density at radius 3 is 2.90 bits per heavy atom. The molecular weight excluding hydrogens is 254 g/mol. The Labute approximate surface area is 117 Å². The van der Waals surface area contributed by atoms with Gasteiger partial charge in [-0.25, -0.2) is 0 Å². The number of aliphatic hydroxyl groups excluding tert-OH is 1. The summed E-state index contributed by atoms with van der Waals surface area (Å²) in [6.07, 6.45) is -0.00314. The summed E-state index contributed by atoms with van der Waals surface area (Å²) in [6, 6.07) is 9.19. The van der Waals surface area contributed by atoms with E-state index in [2.05, 4.69) is 10.4 Å². The van der Waals surface area contributed by atoms with Crippen molar-refractivity contribution in [2.75, 3.05) is 0 Å². The fraction of sp³-hybridized carbons (Fsp3) is 0.333. The first kappa shape index (κ1) is 12.9. The van der Waals surface area contributed by atoms with Crippen molar-refractivity contribution >= 4 is 5.91 Å². The van der Waals surface area contributed by atoms with Crippen LogP contribution >= 0.6 is 0 Å². The topological polar surface area (TPSA) is 67.2 Å². The highest BCUT2D eigenvalue weighted by molar-refractivity contribution is 5.93. The van der Waals surface area contributed by atoms with Crippen LogP contribution in [0.5, 0.6) is 0 Å². The van der Waals surface area contributed by atoms with E-state index in [1.807, 2.05) is 31.2 Å². The van der Waals surface area contributed by atoms with Crippen molar-refractivity contribution in [2.24, 2.45) is 7.05 Å². The molecule has 1 heterocycles. The molecule has 3 rings (SSSR count). The maximum absolute atomic E-state index is 12.3. The molecule has 0 fully saturated rings. The van der Waals surface area contributed by atoms with Crippen LogP contribution in [0.1, 0.15) is 33.4 Å². The van der Waals surface area contributed by atoms with Crippen molar-refractivity contribution < 1.29 is 9.90 Å².